The summed E-state index contributed by atoms with van der Waals surface area (Å²) in [5.74, 6) is 0.0162. The van der Waals surface area contributed by atoms with E-state index >= 15 is 0 Å². The molecule has 0 saturated heterocycles. The van der Waals surface area contributed by atoms with Gasteiger partial charge in [0.1, 0.15) is 5.01 Å². The number of thiazole rings is 1. The van der Waals surface area contributed by atoms with Crippen LogP contribution in [0.5, 0.6) is 0 Å². The number of anilines is 1. The summed E-state index contributed by atoms with van der Waals surface area (Å²) in [6.45, 7) is 2.09. The van der Waals surface area contributed by atoms with E-state index in [1.54, 1.807) is 23.5 Å². The van der Waals surface area contributed by atoms with E-state index < -0.39 is 0 Å². The maximum absolute atomic E-state index is 12.1. The van der Waals surface area contributed by atoms with Crippen molar-refractivity contribution >= 4 is 33.8 Å². The number of nitrogens with zero attached hydrogens (tertiary/aromatic N) is 1. The molecule has 0 aliphatic heterocycles. The van der Waals surface area contributed by atoms with Crippen LogP contribution < -0.4 is 5.32 Å². The molecule has 0 saturated carbocycles. The first-order valence-electron chi connectivity index (χ1n) is 9.18. The quantitative estimate of drug-likeness (QED) is 0.383. The molecule has 0 spiro atoms. The van der Waals surface area contributed by atoms with Gasteiger partial charge in [-0.05, 0) is 49.4 Å². The minimum absolute atomic E-state index is 0.269. The largest absolute Gasteiger partial charge is 0.459 e. The highest BCUT2D eigenvalue weighted by Gasteiger charge is 2.15. The number of benzene rings is 2. The van der Waals surface area contributed by atoms with E-state index in [1.807, 2.05) is 42.6 Å². The molecule has 0 unspecified atom stereocenters. The van der Waals surface area contributed by atoms with Gasteiger partial charge in [-0.2, -0.15) is 0 Å². The number of nitrogens with one attached hydrogen (secondary N) is 2. The zero-order chi connectivity index (χ0) is 19.8. The van der Waals surface area contributed by atoms with Gasteiger partial charge >= 0.3 is 0 Å². The topological polar surface area (TPSA) is 70.9 Å². The first kappa shape index (κ1) is 17.5. The highest BCUT2D eigenvalue weighted by Crippen LogP contribution is 2.36. The van der Waals surface area contributed by atoms with E-state index in [0.717, 1.165) is 27.3 Å². The molecule has 1 amide bonds. The number of fused-ring (bicyclic) bond motifs is 1. The Hall–Kier alpha value is -3.64. The van der Waals surface area contributed by atoms with Gasteiger partial charge in [-0.3, -0.25) is 4.79 Å². The van der Waals surface area contributed by atoms with Crippen LogP contribution in [0.4, 0.5) is 5.69 Å². The molecule has 2 aromatic carbocycles. The van der Waals surface area contributed by atoms with Crippen molar-refractivity contribution in [1.82, 2.24) is 9.97 Å². The van der Waals surface area contributed by atoms with Crippen molar-refractivity contribution in [3.05, 3.63) is 83.8 Å². The van der Waals surface area contributed by atoms with Gasteiger partial charge in [0.15, 0.2) is 5.76 Å². The van der Waals surface area contributed by atoms with E-state index in [-0.39, 0.29) is 11.7 Å². The van der Waals surface area contributed by atoms with Crippen LogP contribution in [0.1, 0.15) is 15.4 Å². The number of carbonyl (C=O) groups excluding carboxylic acids is 1. The number of aryl methyl sites for hydroxylation is 1. The van der Waals surface area contributed by atoms with Gasteiger partial charge in [0.2, 0.25) is 0 Å². The Kier molecular flexibility index (Phi) is 4.26. The molecule has 2 N–H and O–H groups in total. The molecule has 0 atom stereocenters. The summed E-state index contributed by atoms with van der Waals surface area (Å²) >= 11 is 1.66. The Morgan fingerprint density at radius 1 is 1.07 bits per heavy atom. The van der Waals surface area contributed by atoms with E-state index in [4.69, 9.17) is 9.40 Å². The molecule has 5 aromatic rings. The monoisotopic (exact) mass is 399 g/mol. The summed E-state index contributed by atoms with van der Waals surface area (Å²) in [4.78, 5) is 21.5. The van der Waals surface area contributed by atoms with Crippen molar-refractivity contribution in [2.75, 3.05) is 5.32 Å². The lowest BCUT2D eigenvalue weighted by molar-refractivity contribution is 0.0996. The predicted octanol–water partition coefficient (Wildman–Crippen LogP) is 6.11. The normalized spacial score (nSPS) is 11.1. The fourth-order valence-electron chi connectivity index (χ4n) is 3.33. The second-order valence-electron chi connectivity index (χ2n) is 6.68. The minimum Gasteiger partial charge on any atom is -0.459 e. The number of furan rings is 1. The Labute approximate surface area is 171 Å². The van der Waals surface area contributed by atoms with E-state index in [9.17, 15) is 4.79 Å². The Balaban J connectivity index is 1.42. The second kappa shape index (κ2) is 7.07. The lowest BCUT2D eigenvalue weighted by Crippen LogP contribution is -2.10. The minimum atomic E-state index is -0.269. The first-order valence-corrected chi connectivity index (χ1v) is 10.00. The van der Waals surface area contributed by atoms with E-state index in [1.165, 1.54) is 16.5 Å². The molecular formula is C23H17N3O2S. The van der Waals surface area contributed by atoms with Gasteiger partial charge in [0.05, 0.1) is 12.0 Å². The average molecular weight is 399 g/mol. The summed E-state index contributed by atoms with van der Waals surface area (Å²) in [5.41, 5.74) is 4.94. The van der Waals surface area contributed by atoms with Crippen LogP contribution in [0.25, 0.3) is 32.7 Å². The van der Waals surface area contributed by atoms with Crippen LogP contribution in [-0.2, 0) is 0 Å². The molecule has 3 heterocycles. The van der Waals surface area contributed by atoms with Crippen molar-refractivity contribution in [3.8, 4) is 21.8 Å². The summed E-state index contributed by atoms with van der Waals surface area (Å²) in [5, 5.41) is 4.95. The highest BCUT2D eigenvalue weighted by molar-refractivity contribution is 7.15. The molecular weight excluding hydrogens is 382 g/mol. The number of carbonyl (C=O) groups is 1. The second-order valence-corrected chi connectivity index (χ2v) is 7.88. The van der Waals surface area contributed by atoms with Gasteiger partial charge in [0.25, 0.3) is 5.91 Å². The summed E-state index contributed by atoms with van der Waals surface area (Å²) in [6.07, 6.45) is 3.50. The third-order valence-electron chi connectivity index (χ3n) is 4.78. The molecule has 3 aromatic heterocycles. The van der Waals surface area contributed by atoms with Gasteiger partial charge in [0, 0.05) is 38.8 Å². The molecule has 0 bridgehead atoms. The van der Waals surface area contributed by atoms with Gasteiger partial charge in [-0.25, -0.2) is 4.98 Å². The lowest BCUT2D eigenvalue weighted by atomic mass is 10.1. The zero-order valence-electron chi connectivity index (χ0n) is 15.6. The fraction of sp³-hybridized carbons (Fsp3) is 0.0435. The maximum Gasteiger partial charge on any atom is 0.291 e. The van der Waals surface area contributed by atoms with Crippen molar-refractivity contribution < 1.29 is 9.21 Å². The van der Waals surface area contributed by atoms with Crippen molar-refractivity contribution in [2.24, 2.45) is 0 Å². The lowest BCUT2D eigenvalue weighted by Gasteiger charge is -2.04. The molecule has 6 heteroatoms. The number of hydrogen-bond donors (Lipinski definition) is 2. The Morgan fingerprint density at radius 3 is 2.69 bits per heavy atom. The smallest absolute Gasteiger partial charge is 0.291 e. The van der Waals surface area contributed by atoms with E-state index in [0.29, 0.717) is 5.69 Å². The molecule has 0 aliphatic carbocycles. The average Bonchev–Trinajstić information content (AvgIpc) is 3.48. The van der Waals surface area contributed by atoms with Gasteiger partial charge in [-0.1, -0.05) is 18.2 Å². The zero-order valence-corrected chi connectivity index (χ0v) is 16.4. The summed E-state index contributed by atoms with van der Waals surface area (Å²) in [7, 11) is 0. The third kappa shape index (κ3) is 3.23. The Bertz CT molecular complexity index is 1300. The maximum atomic E-state index is 12.1. The number of aromatic nitrogens is 2. The highest BCUT2D eigenvalue weighted by atomic mass is 32.1. The molecule has 0 fully saturated rings. The number of para-hydroxylation sites is 1. The van der Waals surface area contributed by atoms with Crippen LogP contribution in [0, 0.1) is 6.92 Å². The molecule has 5 rings (SSSR count). The number of H-pyrrole nitrogens is 1. The Morgan fingerprint density at radius 2 is 1.90 bits per heavy atom. The molecule has 0 radical (unpaired) electrons. The molecule has 0 aliphatic rings. The molecule has 29 heavy (non-hydrogen) atoms. The van der Waals surface area contributed by atoms with Crippen molar-refractivity contribution in [1.29, 1.82) is 0 Å². The van der Waals surface area contributed by atoms with Crippen molar-refractivity contribution in [3.63, 3.8) is 0 Å². The summed E-state index contributed by atoms with van der Waals surface area (Å²) < 4.78 is 5.12. The molecule has 142 valence electrons. The van der Waals surface area contributed by atoms with Crippen LogP contribution in [0.3, 0.4) is 0 Å². The number of aromatic amines is 1. The summed E-state index contributed by atoms with van der Waals surface area (Å²) in [6, 6.07) is 19.2. The standard InChI is InChI=1S/C23H17N3O2S/c1-14-21(18-13-24-19-6-3-2-5-17(18)19)26-23(29-14)15-8-10-16(11-9-15)25-22(27)20-7-4-12-28-20/h2-13,24H,1H3,(H,25,27). The van der Waals surface area contributed by atoms with Gasteiger partial charge < -0.3 is 14.7 Å². The van der Waals surface area contributed by atoms with Crippen LogP contribution in [-0.4, -0.2) is 15.9 Å². The van der Waals surface area contributed by atoms with Gasteiger partial charge in [-0.15, -0.1) is 11.3 Å². The van der Waals surface area contributed by atoms with E-state index in [2.05, 4.69) is 29.4 Å². The first-order chi connectivity index (χ1) is 14.2. The van der Waals surface area contributed by atoms with Crippen LogP contribution in [0.15, 0.2) is 77.5 Å². The third-order valence-corrected chi connectivity index (χ3v) is 5.80. The molecule has 5 nitrogen and oxygen atoms in total. The van der Waals surface area contributed by atoms with Crippen LogP contribution in [0.2, 0.25) is 0 Å². The number of amides is 1. The fourth-order valence-corrected chi connectivity index (χ4v) is 4.27. The van der Waals surface area contributed by atoms with Crippen molar-refractivity contribution in [2.45, 2.75) is 6.92 Å². The predicted molar refractivity (Wildman–Crippen MR) is 116 cm³/mol. The van der Waals surface area contributed by atoms with Crippen LogP contribution >= 0.6 is 11.3 Å². The SMILES string of the molecule is Cc1sc(-c2ccc(NC(=O)c3ccco3)cc2)nc1-c1c[nH]c2ccccc12. The number of rotatable bonds is 4. The number of hydrogen-bond acceptors (Lipinski definition) is 4.